The van der Waals surface area contributed by atoms with Crippen molar-refractivity contribution >= 4 is 5.97 Å². The maximum absolute atomic E-state index is 10.1. The van der Waals surface area contributed by atoms with Crippen LogP contribution in [0.5, 0.6) is 0 Å². The van der Waals surface area contributed by atoms with Crippen LogP contribution in [0, 0.1) is 12.3 Å². The largest absolute Gasteiger partial charge is 0.462 e. The highest BCUT2D eigenvalue weighted by Gasteiger charge is 1.84. The highest BCUT2D eigenvalue weighted by Crippen LogP contribution is 1.76. The van der Waals surface area contributed by atoms with Crippen LogP contribution in [-0.4, -0.2) is 12.6 Å². The molecule has 0 heterocycles. The minimum absolute atomic E-state index is 0.263. The number of rotatable bonds is 2. The molecule has 0 aliphatic heterocycles. The molecule has 0 fully saturated rings. The summed E-state index contributed by atoms with van der Waals surface area (Å²) in [6, 6.07) is 0. The van der Waals surface area contributed by atoms with Gasteiger partial charge in [0.1, 0.15) is 6.61 Å². The number of hydrogen-bond acceptors (Lipinski definition) is 2. The monoisotopic (exact) mass is 124 g/mol. The molecular weight excluding hydrogens is 116 g/mol. The average Bonchev–Trinajstić information content (AvgIpc) is 1.80. The van der Waals surface area contributed by atoms with Gasteiger partial charge < -0.3 is 4.74 Å². The zero-order chi connectivity index (χ0) is 7.11. The van der Waals surface area contributed by atoms with Gasteiger partial charge in [-0.25, -0.2) is 0 Å². The molecule has 2 heteroatoms. The third-order valence-electron chi connectivity index (χ3n) is 0.597. The summed E-state index contributed by atoms with van der Waals surface area (Å²) in [5, 5.41) is 0. The Balaban J connectivity index is 3.22. The van der Waals surface area contributed by atoms with E-state index in [1.54, 1.807) is 6.08 Å². The van der Waals surface area contributed by atoms with E-state index in [-0.39, 0.29) is 12.6 Å². The fourth-order valence-electron chi connectivity index (χ4n) is 0.282. The van der Waals surface area contributed by atoms with E-state index < -0.39 is 0 Å². The van der Waals surface area contributed by atoms with Gasteiger partial charge in [-0.15, -0.1) is 6.42 Å². The Morgan fingerprint density at radius 2 is 2.56 bits per heavy atom. The Hall–Kier alpha value is -1.23. The normalized spacial score (nSPS) is 8.89. The van der Waals surface area contributed by atoms with Crippen molar-refractivity contribution in [2.75, 3.05) is 6.61 Å². The summed E-state index contributed by atoms with van der Waals surface area (Å²) in [6.45, 7) is 1.61. The number of allylic oxidation sites excluding steroid dienone is 1. The second-order valence-corrected chi connectivity index (χ2v) is 1.37. The van der Waals surface area contributed by atoms with Gasteiger partial charge in [0.05, 0.1) is 0 Å². The number of terminal acetylenes is 1. The maximum atomic E-state index is 10.1. The van der Waals surface area contributed by atoms with E-state index in [9.17, 15) is 4.79 Å². The van der Waals surface area contributed by atoms with Crippen LogP contribution in [0.2, 0.25) is 0 Å². The van der Waals surface area contributed by atoms with Crippen molar-refractivity contribution in [1.29, 1.82) is 0 Å². The Kier molecular flexibility index (Phi) is 4.25. The Morgan fingerprint density at radius 3 is 3.00 bits per heavy atom. The molecule has 0 spiro atoms. The zero-order valence-electron chi connectivity index (χ0n) is 5.26. The van der Waals surface area contributed by atoms with Gasteiger partial charge in [-0.1, -0.05) is 5.92 Å². The molecule has 0 bridgehead atoms. The molecule has 0 saturated heterocycles. The maximum Gasteiger partial charge on any atom is 0.302 e. The van der Waals surface area contributed by atoms with E-state index in [1.807, 2.05) is 0 Å². The summed E-state index contributed by atoms with van der Waals surface area (Å²) in [7, 11) is 0. The number of carbonyl (C=O) groups excluding carboxylic acids is 1. The lowest BCUT2D eigenvalue weighted by atomic mass is 10.5. The summed E-state index contributed by atoms with van der Waals surface area (Å²) in [5.41, 5.74) is 0. The molecule has 9 heavy (non-hydrogen) atoms. The van der Waals surface area contributed by atoms with Crippen LogP contribution in [0.15, 0.2) is 12.2 Å². The van der Waals surface area contributed by atoms with Crippen LogP contribution in [-0.2, 0) is 9.53 Å². The predicted molar refractivity (Wildman–Crippen MR) is 34.6 cm³/mol. The van der Waals surface area contributed by atoms with E-state index in [4.69, 9.17) is 6.42 Å². The Labute approximate surface area is 54.5 Å². The van der Waals surface area contributed by atoms with Crippen molar-refractivity contribution in [3.8, 4) is 12.3 Å². The summed E-state index contributed by atoms with van der Waals surface area (Å²) in [6.07, 6.45) is 7.96. The molecule has 0 aliphatic carbocycles. The zero-order valence-corrected chi connectivity index (χ0v) is 5.26. The summed E-state index contributed by atoms with van der Waals surface area (Å²) < 4.78 is 4.52. The van der Waals surface area contributed by atoms with Gasteiger partial charge in [0, 0.05) is 6.92 Å². The van der Waals surface area contributed by atoms with Crippen molar-refractivity contribution in [2.24, 2.45) is 0 Å². The molecule has 0 atom stereocenters. The van der Waals surface area contributed by atoms with E-state index in [2.05, 4.69) is 10.7 Å². The van der Waals surface area contributed by atoms with Crippen LogP contribution in [0.3, 0.4) is 0 Å². The third-order valence-corrected chi connectivity index (χ3v) is 0.597. The van der Waals surface area contributed by atoms with Crippen molar-refractivity contribution in [3.63, 3.8) is 0 Å². The smallest absolute Gasteiger partial charge is 0.302 e. The fraction of sp³-hybridized carbons (Fsp3) is 0.286. The van der Waals surface area contributed by atoms with E-state index in [0.29, 0.717) is 0 Å². The molecule has 2 nitrogen and oxygen atoms in total. The third kappa shape index (κ3) is 6.77. The summed E-state index contributed by atoms with van der Waals surface area (Å²) in [4.78, 5) is 10.1. The van der Waals surface area contributed by atoms with Crippen LogP contribution in [0.25, 0.3) is 0 Å². The van der Waals surface area contributed by atoms with Crippen LogP contribution in [0.4, 0.5) is 0 Å². The van der Waals surface area contributed by atoms with Crippen molar-refractivity contribution in [3.05, 3.63) is 12.2 Å². The summed E-state index contributed by atoms with van der Waals surface area (Å²) in [5.74, 6) is 1.97. The molecule has 0 aromatic heterocycles. The van der Waals surface area contributed by atoms with Crippen molar-refractivity contribution < 1.29 is 9.53 Å². The quantitative estimate of drug-likeness (QED) is 0.401. The standard InChI is InChI=1S/C7H8O2/c1-3-4-5-6-9-7(2)8/h1,4-5H,6H2,2H3/b5-4+. The second kappa shape index (κ2) is 4.92. The fourth-order valence-corrected chi connectivity index (χ4v) is 0.282. The molecule has 0 saturated carbocycles. The van der Waals surface area contributed by atoms with Crippen LogP contribution in [0.1, 0.15) is 6.92 Å². The van der Waals surface area contributed by atoms with Crippen LogP contribution >= 0.6 is 0 Å². The van der Waals surface area contributed by atoms with E-state index in [1.165, 1.54) is 13.0 Å². The molecule has 48 valence electrons. The molecule has 0 amide bonds. The molecular formula is C7H8O2. The number of hydrogen-bond donors (Lipinski definition) is 0. The number of carbonyl (C=O) groups is 1. The molecule has 0 aliphatic rings. The van der Waals surface area contributed by atoms with Gasteiger partial charge in [0.2, 0.25) is 0 Å². The lowest BCUT2D eigenvalue weighted by molar-refractivity contribution is -0.139. The molecule has 0 radical (unpaired) electrons. The van der Waals surface area contributed by atoms with Gasteiger partial charge in [-0.3, -0.25) is 4.79 Å². The van der Waals surface area contributed by atoms with Crippen molar-refractivity contribution in [2.45, 2.75) is 6.92 Å². The van der Waals surface area contributed by atoms with Gasteiger partial charge in [-0.05, 0) is 12.2 Å². The van der Waals surface area contributed by atoms with Gasteiger partial charge in [-0.2, -0.15) is 0 Å². The highest BCUT2D eigenvalue weighted by atomic mass is 16.5. The lowest BCUT2D eigenvalue weighted by Crippen LogP contribution is -1.96. The number of esters is 1. The first kappa shape index (κ1) is 7.77. The predicted octanol–water partition coefficient (Wildman–Crippen LogP) is 0.739. The summed E-state index contributed by atoms with van der Waals surface area (Å²) >= 11 is 0. The average molecular weight is 124 g/mol. The minimum Gasteiger partial charge on any atom is -0.462 e. The topological polar surface area (TPSA) is 26.3 Å². The highest BCUT2D eigenvalue weighted by molar-refractivity contribution is 5.65. The molecule has 0 aromatic rings. The van der Waals surface area contributed by atoms with Gasteiger partial charge >= 0.3 is 5.97 Å². The van der Waals surface area contributed by atoms with Gasteiger partial charge in [0.15, 0.2) is 0 Å². The molecule has 0 N–H and O–H groups in total. The Morgan fingerprint density at radius 1 is 1.89 bits per heavy atom. The first-order chi connectivity index (χ1) is 4.27. The molecule has 0 unspecified atom stereocenters. The van der Waals surface area contributed by atoms with Gasteiger partial charge in [0.25, 0.3) is 0 Å². The first-order valence-electron chi connectivity index (χ1n) is 2.52. The first-order valence-corrected chi connectivity index (χ1v) is 2.52. The SMILES string of the molecule is C#C/C=C/COC(C)=O. The van der Waals surface area contributed by atoms with Crippen molar-refractivity contribution in [1.82, 2.24) is 0 Å². The molecule has 0 rings (SSSR count). The Bertz CT molecular complexity index is 151. The molecule has 0 aromatic carbocycles. The van der Waals surface area contributed by atoms with E-state index >= 15 is 0 Å². The second-order valence-electron chi connectivity index (χ2n) is 1.37. The lowest BCUT2D eigenvalue weighted by Gasteiger charge is -1.91. The van der Waals surface area contributed by atoms with E-state index in [0.717, 1.165) is 0 Å². The van der Waals surface area contributed by atoms with Crippen LogP contribution < -0.4 is 0 Å². The minimum atomic E-state index is -0.295. The number of ether oxygens (including phenoxy) is 1.